The molecule has 2 aromatic rings. The van der Waals surface area contributed by atoms with E-state index in [9.17, 15) is 9.59 Å². The molecular weight excluding hydrogens is 375 g/mol. The molecule has 138 valence electrons. The Bertz CT molecular complexity index is 865. The Morgan fingerprint density at radius 2 is 1.92 bits per heavy atom. The number of H-pyrrole nitrogens is 1. The van der Waals surface area contributed by atoms with Gasteiger partial charge < -0.3 is 9.72 Å². The first-order valence-electron chi connectivity index (χ1n) is 8.84. The molecule has 0 amide bonds. The largest absolute Gasteiger partial charge is 0.459 e. The fourth-order valence-corrected chi connectivity index (χ4v) is 5.06. The molecule has 0 saturated carbocycles. The molecular formula is C19H20Cl2N2O3. The number of rotatable bonds is 2. The first-order chi connectivity index (χ1) is 12.1. The van der Waals surface area contributed by atoms with E-state index in [0.717, 1.165) is 36.6 Å². The summed E-state index contributed by atoms with van der Waals surface area (Å²) >= 11 is 6.06. The van der Waals surface area contributed by atoms with Gasteiger partial charge in [0, 0.05) is 53.0 Å². The average Bonchev–Trinajstić information content (AvgIpc) is 2.98. The molecule has 0 radical (unpaired) electrons. The predicted molar refractivity (Wildman–Crippen MR) is 101 cm³/mol. The van der Waals surface area contributed by atoms with E-state index in [1.165, 1.54) is 0 Å². The van der Waals surface area contributed by atoms with Crippen LogP contribution in [0.4, 0.5) is 0 Å². The second kappa shape index (κ2) is 6.55. The number of esters is 1. The summed E-state index contributed by atoms with van der Waals surface area (Å²) in [5.74, 6) is 0.320. The standard InChI is InChI=1S/C19H19ClN2O3.ClH/c20-11-1-2-17-15(5-11)16(8-21-17)19(24)25-14-6-12-3-10-4-13(7-14)22(12)9-18(10)23;/h1-2,5,8,10,12-14,21H,3-4,6-7,9H2;1H. The van der Waals surface area contributed by atoms with Gasteiger partial charge in [-0.3, -0.25) is 9.69 Å². The smallest absolute Gasteiger partial charge is 0.340 e. The molecule has 5 nitrogen and oxygen atoms in total. The lowest BCUT2D eigenvalue weighted by Crippen LogP contribution is -2.63. The number of nitrogens with zero attached hydrogens (tertiary/aromatic N) is 1. The quantitative estimate of drug-likeness (QED) is 0.790. The fourth-order valence-electron chi connectivity index (χ4n) is 4.89. The van der Waals surface area contributed by atoms with E-state index < -0.39 is 0 Å². The van der Waals surface area contributed by atoms with Crippen molar-refractivity contribution in [1.29, 1.82) is 0 Å². The van der Waals surface area contributed by atoms with Crippen molar-refractivity contribution in [2.24, 2.45) is 5.92 Å². The second-order valence-electron chi connectivity index (χ2n) is 7.51. The molecule has 6 rings (SSSR count). The Kier molecular flexibility index (Phi) is 4.49. The van der Waals surface area contributed by atoms with Crippen molar-refractivity contribution in [2.75, 3.05) is 6.54 Å². The monoisotopic (exact) mass is 394 g/mol. The molecule has 4 aliphatic rings. The fraction of sp³-hybridized carbons (Fsp3) is 0.474. The summed E-state index contributed by atoms with van der Waals surface area (Å²) in [5.41, 5.74) is 1.41. The molecule has 1 N–H and O–H groups in total. The van der Waals surface area contributed by atoms with Gasteiger partial charge in [-0.05, 0) is 31.0 Å². The average molecular weight is 395 g/mol. The summed E-state index contributed by atoms with van der Waals surface area (Å²) in [7, 11) is 0. The topological polar surface area (TPSA) is 62.4 Å². The molecule has 5 heterocycles. The lowest BCUT2D eigenvalue weighted by molar-refractivity contribution is -0.145. The van der Waals surface area contributed by atoms with E-state index in [4.69, 9.17) is 16.3 Å². The van der Waals surface area contributed by atoms with Crippen LogP contribution in [0.15, 0.2) is 24.4 Å². The number of hydrogen-bond donors (Lipinski definition) is 1. The molecule has 4 saturated heterocycles. The van der Waals surface area contributed by atoms with Gasteiger partial charge in [-0.2, -0.15) is 0 Å². The molecule has 2 unspecified atom stereocenters. The van der Waals surface area contributed by atoms with Crippen LogP contribution in [0.1, 0.15) is 36.0 Å². The van der Waals surface area contributed by atoms with Crippen molar-refractivity contribution < 1.29 is 14.3 Å². The van der Waals surface area contributed by atoms with Gasteiger partial charge in [0.1, 0.15) is 11.9 Å². The number of nitrogens with one attached hydrogen (secondary N) is 1. The first-order valence-corrected chi connectivity index (χ1v) is 9.22. The van der Waals surface area contributed by atoms with Crippen LogP contribution in [0.25, 0.3) is 10.9 Å². The third kappa shape index (κ3) is 2.82. The zero-order chi connectivity index (χ0) is 17.1. The molecule has 0 spiro atoms. The Balaban J connectivity index is 0.00000168. The molecule has 4 fully saturated rings. The number of fused-ring (bicyclic) bond motifs is 2. The van der Waals surface area contributed by atoms with E-state index in [2.05, 4.69) is 9.88 Å². The van der Waals surface area contributed by atoms with E-state index in [-0.39, 0.29) is 30.4 Å². The van der Waals surface area contributed by atoms with Crippen LogP contribution in [-0.2, 0) is 9.53 Å². The number of benzene rings is 1. The van der Waals surface area contributed by atoms with Crippen LogP contribution >= 0.6 is 24.0 Å². The molecule has 1 aromatic heterocycles. The summed E-state index contributed by atoms with van der Waals surface area (Å²) in [6.07, 6.45) is 5.12. The van der Waals surface area contributed by atoms with Crippen LogP contribution in [0, 0.1) is 5.92 Å². The first kappa shape index (κ1) is 17.8. The van der Waals surface area contributed by atoms with Gasteiger partial charge in [0.2, 0.25) is 0 Å². The Labute approximate surface area is 162 Å². The maximum Gasteiger partial charge on any atom is 0.340 e. The van der Waals surface area contributed by atoms with E-state index >= 15 is 0 Å². The minimum atomic E-state index is -0.297. The van der Waals surface area contributed by atoms with Crippen LogP contribution in [0.2, 0.25) is 5.02 Å². The molecule has 2 atom stereocenters. The molecule has 0 aliphatic carbocycles. The van der Waals surface area contributed by atoms with Crippen LogP contribution < -0.4 is 0 Å². The summed E-state index contributed by atoms with van der Waals surface area (Å²) in [6.45, 7) is 0.585. The lowest BCUT2D eigenvalue weighted by atomic mass is 9.72. The molecule has 26 heavy (non-hydrogen) atoms. The highest BCUT2D eigenvalue weighted by atomic mass is 35.5. The molecule has 1 aromatic carbocycles. The zero-order valence-electron chi connectivity index (χ0n) is 14.1. The normalized spacial score (nSPS) is 32.3. The predicted octanol–water partition coefficient (Wildman–Crippen LogP) is 3.59. The summed E-state index contributed by atoms with van der Waals surface area (Å²) in [6, 6.07) is 6.20. The zero-order valence-corrected chi connectivity index (χ0v) is 15.7. The summed E-state index contributed by atoms with van der Waals surface area (Å²) in [4.78, 5) is 30.0. The Hall–Kier alpha value is -1.56. The number of hydrogen-bond acceptors (Lipinski definition) is 4. The highest BCUT2D eigenvalue weighted by Gasteiger charge is 2.49. The number of aromatic nitrogens is 1. The summed E-state index contributed by atoms with van der Waals surface area (Å²) < 4.78 is 5.84. The third-order valence-electron chi connectivity index (χ3n) is 6.05. The maximum atomic E-state index is 12.7. The number of ether oxygens (including phenoxy) is 1. The van der Waals surface area contributed by atoms with Gasteiger partial charge in [0.25, 0.3) is 0 Å². The number of aromatic amines is 1. The van der Waals surface area contributed by atoms with Crippen molar-refractivity contribution in [3.05, 3.63) is 35.0 Å². The second-order valence-corrected chi connectivity index (χ2v) is 7.94. The SMILES string of the molecule is Cl.O=C(OC1CC2CC3CC(C1)N2CC3=O)c1c[nH]c2ccc(Cl)cc12. The van der Waals surface area contributed by atoms with Crippen LogP contribution in [0.5, 0.6) is 0 Å². The van der Waals surface area contributed by atoms with Crippen molar-refractivity contribution in [2.45, 2.75) is 43.9 Å². The summed E-state index contributed by atoms with van der Waals surface area (Å²) in [5, 5.41) is 1.39. The van der Waals surface area contributed by atoms with Gasteiger partial charge in [-0.25, -0.2) is 4.79 Å². The van der Waals surface area contributed by atoms with Crippen molar-refractivity contribution in [1.82, 2.24) is 9.88 Å². The van der Waals surface area contributed by atoms with Crippen LogP contribution in [0.3, 0.4) is 0 Å². The lowest BCUT2D eigenvalue weighted by Gasteiger charge is -2.54. The van der Waals surface area contributed by atoms with Gasteiger partial charge >= 0.3 is 5.97 Å². The maximum absolute atomic E-state index is 12.7. The number of piperidine rings is 4. The van der Waals surface area contributed by atoms with Gasteiger partial charge in [-0.15, -0.1) is 12.4 Å². The van der Waals surface area contributed by atoms with Crippen molar-refractivity contribution in [3.8, 4) is 0 Å². The van der Waals surface area contributed by atoms with Crippen LogP contribution in [-0.4, -0.2) is 46.4 Å². The number of carbonyl (C=O) groups is 2. The third-order valence-corrected chi connectivity index (χ3v) is 6.29. The van der Waals surface area contributed by atoms with Crippen molar-refractivity contribution >= 4 is 46.7 Å². The highest BCUT2D eigenvalue weighted by molar-refractivity contribution is 6.31. The number of carbonyl (C=O) groups excluding carboxylic acids is 2. The van der Waals surface area contributed by atoms with Crippen molar-refractivity contribution in [3.63, 3.8) is 0 Å². The number of ketones is 1. The minimum Gasteiger partial charge on any atom is -0.459 e. The molecule has 4 aliphatic heterocycles. The van der Waals surface area contributed by atoms with E-state index in [1.807, 2.05) is 6.07 Å². The minimum absolute atomic E-state index is 0. The number of Topliss-reactive ketones (excluding diaryl/α,β-unsaturated/α-hetero) is 1. The van der Waals surface area contributed by atoms with Gasteiger partial charge in [0.05, 0.1) is 12.1 Å². The Morgan fingerprint density at radius 3 is 2.62 bits per heavy atom. The molecule has 7 heteroatoms. The number of halogens is 2. The van der Waals surface area contributed by atoms with Gasteiger partial charge in [0.15, 0.2) is 0 Å². The van der Waals surface area contributed by atoms with Gasteiger partial charge in [-0.1, -0.05) is 11.6 Å². The van der Waals surface area contributed by atoms with E-state index in [1.54, 1.807) is 18.3 Å². The van der Waals surface area contributed by atoms with E-state index in [0.29, 0.717) is 35.0 Å². The Morgan fingerprint density at radius 1 is 1.19 bits per heavy atom. The molecule has 4 bridgehead atoms. The highest BCUT2D eigenvalue weighted by Crippen LogP contribution is 2.42.